The van der Waals surface area contributed by atoms with E-state index in [0.29, 0.717) is 6.04 Å². The third-order valence-corrected chi connectivity index (χ3v) is 3.17. The molecule has 0 amide bonds. The highest BCUT2D eigenvalue weighted by atomic mass is 16.5. The highest BCUT2D eigenvalue weighted by Crippen LogP contribution is 2.26. The number of aryl methyl sites for hydroxylation is 2. The summed E-state index contributed by atoms with van der Waals surface area (Å²) in [5, 5.41) is 7.83. The molecule has 1 saturated heterocycles. The first-order valence-electron chi connectivity index (χ1n) is 5.84. The molecule has 0 aliphatic carbocycles. The molecule has 5 nitrogen and oxygen atoms in total. The van der Waals surface area contributed by atoms with Gasteiger partial charge in [-0.15, -0.1) is 0 Å². The molecule has 0 bridgehead atoms. The lowest BCUT2D eigenvalue weighted by atomic mass is 10.1. The molecule has 0 radical (unpaired) electrons. The predicted octanol–water partition coefficient (Wildman–Crippen LogP) is 1.38. The molecule has 2 unspecified atom stereocenters. The fourth-order valence-corrected chi connectivity index (χ4v) is 2.07. The second-order valence-corrected chi connectivity index (χ2v) is 4.28. The largest absolute Gasteiger partial charge is 0.394 e. The molecule has 5 heteroatoms. The molecule has 1 aromatic heterocycles. The summed E-state index contributed by atoms with van der Waals surface area (Å²) in [6.45, 7) is 7.72. The molecule has 2 rings (SSSR count). The fourth-order valence-electron chi connectivity index (χ4n) is 2.07. The molecule has 0 saturated carbocycles. The highest BCUT2D eigenvalue weighted by molar-refractivity contribution is 5.65. The van der Waals surface area contributed by atoms with Crippen molar-refractivity contribution in [1.29, 1.82) is 0 Å². The van der Waals surface area contributed by atoms with Crippen LogP contribution in [-0.4, -0.2) is 28.5 Å². The SMILES string of the molecule is CCn1nc(C)c(N)c1NC1CCOC1C. The summed E-state index contributed by atoms with van der Waals surface area (Å²) in [7, 11) is 0. The van der Waals surface area contributed by atoms with Crippen LogP contribution in [0.25, 0.3) is 0 Å². The van der Waals surface area contributed by atoms with Crippen molar-refractivity contribution in [2.75, 3.05) is 17.7 Å². The topological polar surface area (TPSA) is 65.1 Å². The van der Waals surface area contributed by atoms with Crippen LogP contribution in [-0.2, 0) is 11.3 Å². The molecule has 1 aliphatic heterocycles. The van der Waals surface area contributed by atoms with Gasteiger partial charge < -0.3 is 15.8 Å². The molecule has 0 aromatic carbocycles. The lowest BCUT2D eigenvalue weighted by Crippen LogP contribution is -2.28. The van der Waals surface area contributed by atoms with Gasteiger partial charge in [0.25, 0.3) is 0 Å². The van der Waals surface area contributed by atoms with E-state index in [1.807, 2.05) is 11.6 Å². The van der Waals surface area contributed by atoms with Crippen molar-refractivity contribution >= 4 is 11.5 Å². The van der Waals surface area contributed by atoms with Crippen LogP contribution in [0.3, 0.4) is 0 Å². The average Bonchev–Trinajstić information content (AvgIpc) is 2.78. The molecule has 16 heavy (non-hydrogen) atoms. The molecule has 2 atom stereocenters. The first-order valence-corrected chi connectivity index (χ1v) is 5.84. The van der Waals surface area contributed by atoms with Crippen LogP contribution in [0.1, 0.15) is 26.0 Å². The van der Waals surface area contributed by atoms with E-state index >= 15 is 0 Å². The van der Waals surface area contributed by atoms with Crippen LogP contribution < -0.4 is 11.1 Å². The van der Waals surface area contributed by atoms with Crippen molar-refractivity contribution in [3.8, 4) is 0 Å². The molecule has 1 aromatic rings. The Balaban J connectivity index is 2.19. The van der Waals surface area contributed by atoms with Crippen LogP contribution in [0.15, 0.2) is 0 Å². The van der Waals surface area contributed by atoms with E-state index in [2.05, 4.69) is 24.3 Å². The molecule has 0 spiro atoms. The van der Waals surface area contributed by atoms with Crippen molar-refractivity contribution in [1.82, 2.24) is 9.78 Å². The van der Waals surface area contributed by atoms with Crippen molar-refractivity contribution in [3.63, 3.8) is 0 Å². The number of anilines is 2. The maximum Gasteiger partial charge on any atom is 0.148 e. The van der Waals surface area contributed by atoms with Crippen LogP contribution in [0, 0.1) is 6.92 Å². The zero-order chi connectivity index (χ0) is 11.7. The van der Waals surface area contributed by atoms with Crippen LogP contribution in [0.4, 0.5) is 11.5 Å². The summed E-state index contributed by atoms with van der Waals surface area (Å²) in [6.07, 6.45) is 1.26. The lowest BCUT2D eigenvalue weighted by molar-refractivity contribution is 0.121. The van der Waals surface area contributed by atoms with Crippen LogP contribution in [0.2, 0.25) is 0 Å². The number of nitrogens with two attached hydrogens (primary N) is 1. The number of ether oxygens (including phenoxy) is 1. The van der Waals surface area contributed by atoms with Gasteiger partial charge in [0.1, 0.15) is 5.82 Å². The Morgan fingerprint density at radius 2 is 2.38 bits per heavy atom. The monoisotopic (exact) mass is 224 g/mol. The summed E-state index contributed by atoms with van der Waals surface area (Å²) in [5.41, 5.74) is 7.65. The Morgan fingerprint density at radius 3 is 2.94 bits per heavy atom. The minimum Gasteiger partial charge on any atom is -0.394 e. The smallest absolute Gasteiger partial charge is 0.148 e. The summed E-state index contributed by atoms with van der Waals surface area (Å²) in [4.78, 5) is 0. The predicted molar refractivity (Wildman–Crippen MR) is 64.5 cm³/mol. The van der Waals surface area contributed by atoms with E-state index < -0.39 is 0 Å². The molecule has 3 N–H and O–H groups in total. The number of hydrogen-bond donors (Lipinski definition) is 2. The lowest BCUT2D eigenvalue weighted by Gasteiger charge is -2.18. The molecule has 90 valence electrons. The third kappa shape index (κ3) is 1.87. The Bertz CT molecular complexity index is 374. The number of nitrogens with one attached hydrogen (secondary N) is 1. The maximum absolute atomic E-state index is 6.02. The van der Waals surface area contributed by atoms with Crippen LogP contribution in [0.5, 0.6) is 0 Å². The van der Waals surface area contributed by atoms with E-state index in [9.17, 15) is 0 Å². The van der Waals surface area contributed by atoms with Crippen molar-refractivity contribution < 1.29 is 4.74 Å². The second-order valence-electron chi connectivity index (χ2n) is 4.28. The molecular weight excluding hydrogens is 204 g/mol. The summed E-state index contributed by atoms with van der Waals surface area (Å²) in [5.74, 6) is 0.933. The Kier molecular flexibility index (Phi) is 3.05. The van der Waals surface area contributed by atoms with Gasteiger partial charge in [-0.3, -0.25) is 0 Å². The summed E-state index contributed by atoms with van der Waals surface area (Å²) < 4.78 is 7.44. The minimum atomic E-state index is 0.236. The van der Waals surface area contributed by atoms with E-state index in [1.165, 1.54) is 0 Å². The van der Waals surface area contributed by atoms with Gasteiger partial charge in [-0.25, -0.2) is 4.68 Å². The zero-order valence-electron chi connectivity index (χ0n) is 10.2. The highest BCUT2D eigenvalue weighted by Gasteiger charge is 2.26. The first kappa shape index (κ1) is 11.3. The maximum atomic E-state index is 6.02. The number of hydrogen-bond acceptors (Lipinski definition) is 4. The standard InChI is InChI=1S/C11H20N4O/c1-4-15-11(10(12)7(2)14-15)13-9-5-6-16-8(9)3/h8-9,13H,4-6,12H2,1-3H3. The first-order chi connectivity index (χ1) is 7.63. The molecule has 2 heterocycles. The molecule has 1 fully saturated rings. The van der Waals surface area contributed by atoms with Crippen molar-refractivity contribution in [2.45, 2.75) is 45.9 Å². The van der Waals surface area contributed by atoms with Gasteiger partial charge in [-0.1, -0.05) is 0 Å². The molecule has 1 aliphatic rings. The van der Waals surface area contributed by atoms with Gasteiger partial charge in [0.05, 0.1) is 23.5 Å². The second kappa shape index (κ2) is 4.33. The zero-order valence-corrected chi connectivity index (χ0v) is 10.2. The van der Waals surface area contributed by atoms with E-state index in [4.69, 9.17) is 10.5 Å². The fraction of sp³-hybridized carbons (Fsp3) is 0.727. The average molecular weight is 224 g/mol. The number of rotatable bonds is 3. The van der Waals surface area contributed by atoms with E-state index in [-0.39, 0.29) is 6.10 Å². The Labute approximate surface area is 96.0 Å². The van der Waals surface area contributed by atoms with Gasteiger partial charge >= 0.3 is 0 Å². The van der Waals surface area contributed by atoms with Crippen molar-refractivity contribution in [3.05, 3.63) is 5.69 Å². The third-order valence-electron chi connectivity index (χ3n) is 3.17. The summed E-state index contributed by atoms with van der Waals surface area (Å²) >= 11 is 0. The van der Waals surface area contributed by atoms with Gasteiger partial charge in [-0.2, -0.15) is 5.10 Å². The Morgan fingerprint density at radius 1 is 1.62 bits per heavy atom. The van der Waals surface area contributed by atoms with Crippen molar-refractivity contribution in [2.24, 2.45) is 0 Å². The number of aromatic nitrogens is 2. The number of nitrogen functional groups attached to an aromatic ring is 1. The van der Waals surface area contributed by atoms with Gasteiger partial charge in [0.15, 0.2) is 0 Å². The van der Waals surface area contributed by atoms with Crippen LogP contribution >= 0.6 is 0 Å². The minimum absolute atomic E-state index is 0.236. The number of nitrogens with zero attached hydrogens (tertiary/aromatic N) is 2. The van der Waals surface area contributed by atoms with E-state index in [0.717, 1.165) is 36.8 Å². The Hall–Kier alpha value is -1.23. The van der Waals surface area contributed by atoms with Gasteiger partial charge in [-0.05, 0) is 27.2 Å². The molecular formula is C11H20N4O. The van der Waals surface area contributed by atoms with Gasteiger partial charge in [0, 0.05) is 13.2 Å². The normalized spacial score (nSPS) is 24.9. The van der Waals surface area contributed by atoms with Gasteiger partial charge in [0.2, 0.25) is 0 Å². The quantitative estimate of drug-likeness (QED) is 0.814. The van der Waals surface area contributed by atoms with E-state index in [1.54, 1.807) is 0 Å². The summed E-state index contributed by atoms with van der Waals surface area (Å²) in [6, 6.07) is 0.337.